The third-order valence-corrected chi connectivity index (χ3v) is 2.60. The van der Waals surface area contributed by atoms with Gasteiger partial charge in [0.25, 0.3) is 5.56 Å². The van der Waals surface area contributed by atoms with Gasteiger partial charge in [-0.2, -0.15) is 0 Å². The predicted octanol–water partition coefficient (Wildman–Crippen LogP) is 1.81. The summed E-state index contributed by atoms with van der Waals surface area (Å²) in [4.78, 5) is 15.4. The molecule has 0 unspecified atom stereocenters. The van der Waals surface area contributed by atoms with Crippen LogP contribution in [0, 0.1) is 11.6 Å². The Morgan fingerprint density at radius 3 is 2.50 bits per heavy atom. The van der Waals surface area contributed by atoms with E-state index in [0.717, 1.165) is 22.8 Å². The van der Waals surface area contributed by atoms with Crippen LogP contribution in [-0.2, 0) is 6.54 Å². The number of halogens is 3. The van der Waals surface area contributed by atoms with E-state index in [9.17, 15) is 13.6 Å². The first-order valence-corrected chi connectivity index (χ1v) is 5.30. The second-order valence-electron chi connectivity index (χ2n) is 3.66. The Morgan fingerprint density at radius 1 is 1.28 bits per heavy atom. The number of aromatic nitrogens is 2. The molecule has 0 aliphatic rings. The molecule has 0 radical (unpaired) electrons. The number of rotatable bonds is 2. The Labute approximate surface area is 106 Å². The Morgan fingerprint density at radius 2 is 1.89 bits per heavy atom. The lowest BCUT2D eigenvalue weighted by atomic mass is 10.2. The summed E-state index contributed by atoms with van der Waals surface area (Å²) >= 11 is 5.57. The van der Waals surface area contributed by atoms with Gasteiger partial charge in [-0.05, 0) is 17.7 Å². The van der Waals surface area contributed by atoms with Gasteiger partial charge in [0.05, 0.1) is 12.9 Å². The third-order valence-electron chi connectivity index (χ3n) is 2.30. The van der Waals surface area contributed by atoms with Crippen molar-refractivity contribution in [3.63, 3.8) is 0 Å². The minimum Gasteiger partial charge on any atom is -0.392 e. The van der Waals surface area contributed by atoms with Crippen LogP contribution < -0.4 is 11.3 Å². The fraction of sp³-hybridized carbons (Fsp3) is 0.0909. The Bertz CT molecular complexity index is 637. The summed E-state index contributed by atoms with van der Waals surface area (Å²) in [5.74, 6) is -1.43. The molecule has 0 bridgehead atoms. The van der Waals surface area contributed by atoms with Crippen LogP contribution in [-0.4, -0.2) is 9.55 Å². The van der Waals surface area contributed by atoms with Crippen LogP contribution in [0.1, 0.15) is 5.56 Å². The molecule has 18 heavy (non-hydrogen) atoms. The van der Waals surface area contributed by atoms with E-state index in [1.807, 2.05) is 0 Å². The summed E-state index contributed by atoms with van der Waals surface area (Å²) < 4.78 is 27.1. The minimum absolute atomic E-state index is 0.0398. The quantitative estimate of drug-likeness (QED) is 0.848. The lowest BCUT2D eigenvalue weighted by molar-refractivity contribution is 0.576. The summed E-state index contributed by atoms with van der Waals surface area (Å²) in [5.41, 5.74) is 4.96. The van der Waals surface area contributed by atoms with Crippen molar-refractivity contribution in [1.29, 1.82) is 0 Å². The van der Waals surface area contributed by atoms with Gasteiger partial charge in [0, 0.05) is 6.07 Å². The summed E-state index contributed by atoms with van der Waals surface area (Å²) in [6, 6.07) is 3.00. The van der Waals surface area contributed by atoms with Crippen molar-refractivity contribution in [1.82, 2.24) is 9.55 Å². The van der Waals surface area contributed by atoms with Crippen LogP contribution in [0.15, 0.2) is 29.3 Å². The first-order valence-electron chi connectivity index (χ1n) is 4.93. The highest BCUT2D eigenvalue weighted by Gasteiger charge is 2.08. The molecule has 0 saturated heterocycles. The largest absolute Gasteiger partial charge is 0.392 e. The van der Waals surface area contributed by atoms with Gasteiger partial charge in [0.2, 0.25) is 0 Å². The summed E-state index contributed by atoms with van der Waals surface area (Å²) in [6.07, 6.45) is 1.17. The monoisotopic (exact) mass is 271 g/mol. The molecule has 7 heteroatoms. The average molecular weight is 272 g/mol. The average Bonchev–Trinajstić information content (AvgIpc) is 2.29. The van der Waals surface area contributed by atoms with Crippen LogP contribution in [0.5, 0.6) is 0 Å². The molecule has 1 heterocycles. The Kier molecular flexibility index (Phi) is 3.29. The maximum Gasteiger partial charge on any atom is 0.278 e. The number of hydrogen-bond donors (Lipinski definition) is 1. The third kappa shape index (κ3) is 2.48. The van der Waals surface area contributed by atoms with E-state index in [-0.39, 0.29) is 22.9 Å². The molecule has 0 aliphatic heterocycles. The molecule has 1 aromatic heterocycles. The maximum absolute atomic E-state index is 13.0. The number of hydrogen-bond acceptors (Lipinski definition) is 3. The number of benzene rings is 1. The number of anilines is 1. The lowest BCUT2D eigenvalue weighted by Crippen LogP contribution is -2.24. The van der Waals surface area contributed by atoms with Crippen LogP contribution in [0.4, 0.5) is 14.5 Å². The van der Waals surface area contributed by atoms with Crippen molar-refractivity contribution in [3.8, 4) is 0 Å². The zero-order chi connectivity index (χ0) is 13.3. The lowest BCUT2D eigenvalue weighted by Gasteiger charge is -2.07. The molecule has 1 aromatic carbocycles. The van der Waals surface area contributed by atoms with E-state index >= 15 is 0 Å². The van der Waals surface area contributed by atoms with Crippen molar-refractivity contribution in [2.45, 2.75) is 6.54 Å². The van der Waals surface area contributed by atoms with Crippen LogP contribution in [0.2, 0.25) is 5.15 Å². The predicted molar refractivity (Wildman–Crippen MR) is 63.4 cm³/mol. The van der Waals surface area contributed by atoms with Gasteiger partial charge in [-0.3, -0.25) is 9.36 Å². The van der Waals surface area contributed by atoms with E-state index in [1.54, 1.807) is 0 Å². The SMILES string of the molecule is Nc1c(Cl)ncn(Cc2cc(F)cc(F)c2)c1=O. The molecule has 0 aliphatic carbocycles. The van der Waals surface area contributed by atoms with E-state index in [1.165, 1.54) is 6.33 Å². The molecule has 94 valence electrons. The molecule has 4 nitrogen and oxygen atoms in total. The summed E-state index contributed by atoms with van der Waals surface area (Å²) in [7, 11) is 0. The Balaban J connectivity index is 2.40. The van der Waals surface area contributed by atoms with Gasteiger partial charge in [-0.1, -0.05) is 11.6 Å². The first kappa shape index (κ1) is 12.5. The Hall–Kier alpha value is -1.95. The molecule has 2 aromatic rings. The highest BCUT2D eigenvalue weighted by molar-refractivity contribution is 6.31. The van der Waals surface area contributed by atoms with Crippen molar-refractivity contribution in [2.24, 2.45) is 0 Å². The molecular weight excluding hydrogens is 264 g/mol. The zero-order valence-corrected chi connectivity index (χ0v) is 9.79. The zero-order valence-electron chi connectivity index (χ0n) is 9.03. The van der Waals surface area contributed by atoms with Gasteiger partial charge < -0.3 is 5.73 Å². The van der Waals surface area contributed by atoms with Crippen LogP contribution in [0.3, 0.4) is 0 Å². The van der Waals surface area contributed by atoms with Crippen molar-refractivity contribution < 1.29 is 8.78 Å². The highest BCUT2D eigenvalue weighted by atomic mass is 35.5. The highest BCUT2D eigenvalue weighted by Crippen LogP contribution is 2.11. The molecule has 2 N–H and O–H groups in total. The van der Waals surface area contributed by atoms with E-state index in [4.69, 9.17) is 17.3 Å². The van der Waals surface area contributed by atoms with Gasteiger partial charge >= 0.3 is 0 Å². The standard InChI is InChI=1S/C11H8ClF2N3O/c12-10-9(15)11(18)17(5-16-10)4-6-1-7(13)3-8(14)2-6/h1-3,5H,4,15H2. The normalized spacial score (nSPS) is 10.6. The fourth-order valence-corrected chi connectivity index (χ4v) is 1.62. The van der Waals surface area contributed by atoms with E-state index in [0.29, 0.717) is 0 Å². The fourth-order valence-electron chi connectivity index (χ4n) is 1.50. The second kappa shape index (κ2) is 4.73. The van der Waals surface area contributed by atoms with Crippen molar-refractivity contribution in [3.05, 3.63) is 57.2 Å². The minimum atomic E-state index is -0.715. The topological polar surface area (TPSA) is 60.9 Å². The molecule has 0 saturated carbocycles. The number of nitrogen functional groups attached to an aromatic ring is 1. The van der Waals surface area contributed by atoms with Crippen molar-refractivity contribution >= 4 is 17.3 Å². The molecular formula is C11H8ClF2N3O. The number of nitrogens with zero attached hydrogens (tertiary/aromatic N) is 2. The van der Waals surface area contributed by atoms with Gasteiger partial charge in [0.1, 0.15) is 17.3 Å². The molecule has 0 fully saturated rings. The maximum atomic E-state index is 13.0. The van der Waals surface area contributed by atoms with E-state index < -0.39 is 17.2 Å². The summed E-state index contributed by atoms with van der Waals surface area (Å²) in [5, 5.41) is -0.0957. The molecule has 2 rings (SSSR count). The second-order valence-corrected chi connectivity index (χ2v) is 4.02. The summed E-state index contributed by atoms with van der Waals surface area (Å²) in [6.45, 7) is -0.0398. The molecule has 0 atom stereocenters. The van der Waals surface area contributed by atoms with Gasteiger partial charge in [-0.15, -0.1) is 0 Å². The number of nitrogens with two attached hydrogens (primary N) is 1. The molecule has 0 amide bonds. The van der Waals surface area contributed by atoms with Crippen LogP contribution >= 0.6 is 11.6 Å². The van der Waals surface area contributed by atoms with E-state index in [2.05, 4.69) is 4.98 Å². The molecule has 0 spiro atoms. The van der Waals surface area contributed by atoms with Gasteiger partial charge in [0.15, 0.2) is 5.15 Å². The van der Waals surface area contributed by atoms with Gasteiger partial charge in [-0.25, -0.2) is 13.8 Å². The van der Waals surface area contributed by atoms with Crippen molar-refractivity contribution in [2.75, 3.05) is 5.73 Å². The van der Waals surface area contributed by atoms with Crippen LogP contribution in [0.25, 0.3) is 0 Å². The first-order chi connectivity index (χ1) is 8.47. The smallest absolute Gasteiger partial charge is 0.278 e.